The Labute approximate surface area is 230 Å². The van der Waals surface area contributed by atoms with Gasteiger partial charge in [0.1, 0.15) is 11.6 Å². The standard InChI is InChI=1S/C26H28FN7O3S2/c1-18(19-5-7-20(27)8-6-19)34-17-28-12-22(34)23-16-37-15-21-14-32(10-11-33(21)23)39(35,36)25-13-30-26(38-25)31-24-4-2-3-9-29-24/h2-9,12-13,17-18,21,23H,10-11,14-16H2,1H3,(H,29,30,31)/t18-,21?,23?/m1/s1. The van der Waals surface area contributed by atoms with Crippen LogP contribution in [0.5, 0.6) is 0 Å². The molecule has 39 heavy (non-hydrogen) atoms. The van der Waals surface area contributed by atoms with Crippen molar-refractivity contribution >= 4 is 32.3 Å². The predicted octanol–water partition coefficient (Wildman–Crippen LogP) is 3.67. The van der Waals surface area contributed by atoms with Crippen molar-refractivity contribution < 1.29 is 17.5 Å². The van der Waals surface area contributed by atoms with E-state index in [-0.39, 0.29) is 28.2 Å². The molecule has 4 aromatic rings. The molecule has 2 saturated heterocycles. The fraction of sp³-hybridized carbons (Fsp3) is 0.346. The lowest BCUT2D eigenvalue weighted by atomic mass is 10.0. The maximum atomic E-state index is 13.5. The summed E-state index contributed by atoms with van der Waals surface area (Å²) < 4.78 is 50.3. The summed E-state index contributed by atoms with van der Waals surface area (Å²) in [5.74, 6) is 0.329. The maximum Gasteiger partial charge on any atom is 0.254 e. The van der Waals surface area contributed by atoms with Crippen LogP contribution in [0.25, 0.3) is 0 Å². The van der Waals surface area contributed by atoms with Gasteiger partial charge in [0.2, 0.25) is 0 Å². The van der Waals surface area contributed by atoms with Gasteiger partial charge in [-0.3, -0.25) is 4.90 Å². The third-order valence-electron chi connectivity index (χ3n) is 7.26. The van der Waals surface area contributed by atoms with E-state index in [1.807, 2.05) is 18.3 Å². The van der Waals surface area contributed by atoms with Crippen LogP contribution in [-0.4, -0.2) is 76.0 Å². The molecule has 3 atom stereocenters. The van der Waals surface area contributed by atoms with Gasteiger partial charge in [0.25, 0.3) is 10.0 Å². The van der Waals surface area contributed by atoms with E-state index in [1.165, 1.54) is 22.6 Å². The Morgan fingerprint density at radius 2 is 1.95 bits per heavy atom. The first-order valence-corrected chi connectivity index (χ1v) is 14.9. The molecule has 1 N–H and O–H groups in total. The van der Waals surface area contributed by atoms with E-state index in [9.17, 15) is 12.8 Å². The van der Waals surface area contributed by atoms with Crippen molar-refractivity contribution in [2.24, 2.45) is 0 Å². The molecule has 2 aliphatic rings. The number of morpholine rings is 1. The molecular formula is C26H28FN7O3S2. The molecule has 2 fully saturated rings. The van der Waals surface area contributed by atoms with Crippen molar-refractivity contribution in [3.63, 3.8) is 0 Å². The number of nitrogens with zero attached hydrogens (tertiary/aromatic N) is 6. The van der Waals surface area contributed by atoms with Gasteiger partial charge in [0.15, 0.2) is 9.34 Å². The lowest BCUT2D eigenvalue weighted by Crippen LogP contribution is -2.60. The summed E-state index contributed by atoms with van der Waals surface area (Å²) in [7, 11) is -3.72. The van der Waals surface area contributed by atoms with Gasteiger partial charge >= 0.3 is 0 Å². The summed E-state index contributed by atoms with van der Waals surface area (Å²) in [5, 5.41) is 3.52. The van der Waals surface area contributed by atoms with E-state index in [0.29, 0.717) is 43.8 Å². The number of anilines is 2. The average Bonchev–Trinajstić information content (AvgIpc) is 3.64. The van der Waals surface area contributed by atoms with Crippen molar-refractivity contribution in [1.82, 2.24) is 28.7 Å². The van der Waals surface area contributed by atoms with Crippen LogP contribution in [0, 0.1) is 5.82 Å². The number of hydrogen-bond acceptors (Lipinski definition) is 9. The second-order valence-electron chi connectivity index (χ2n) is 9.59. The van der Waals surface area contributed by atoms with Gasteiger partial charge in [-0.1, -0.05) is 29.5 Å². The molecule has 6 rings (SSSR count). The zero-order valence-corrected chi connectivity index (χ0v) is 22.9. The first kappa shape index (κ1) is 26.0. The minimum Gasteiger partial charge on any atom is -0.378 e. The van der Waals surface area contributed by atoms with Gasteiger partial charge in [-0.15, -0.1) is 0 Å². The van der Waals surface area contributed by atoms with Crippen molar-refractivity contribution in [3.8, 4) is 0 Å². The number of rotatable bonds is 7. The monoisotopic (exact) mass is 569 g/mol. The molecule has 0 saturated carbocycles. The minimum atomic E-state index is -3.72. The summed E-state index contributed by atoms with van der Waals surface area (Å²) in [6.45, 7) is 4.23. The van der Waals surface area contributed by atoms with Crippen LogP contribution in [0.1, 0.15) is 30.3 Å². The molecule has 2 unspecified atom stereocenters. The molecule has 10 nitrogen and oxygen atoms in total. The third-order valence-corrected chi connectivity index (χ3v) is 10.5. The highest BCUT2D eigenvalue weighted by Gasteiger charge is 2.41. The summed E-state index contributed by atoms with van der Waals surface area (Å²) in [4.78, 5) is 15.2. The Balaban J connectivity index is 1.17. The van der Waals surface area contributed by atoms with E-state index >= 15 is 0 Å². The average molecular weight is 570 g/mol. The van der Waals surface area contributed by atoms with Gasteiger partial charge in [-0.05, 0) is 36.8 Å². The van der Waals surface area contributed by atoms with Crippen LogP contribution in [0.3, 0.4) is 0 Å². The van der Waals surface area contributed by atoms with Gasteiger partial charge in [-0.25, -0.2) is 27.8 Å². The highest BCUT2D eigenvalue weighted by atomic mass is 32.2. The molecule has 5 heterocycles. The molecule has 0 aliphatic carbocycles. The Bertz CT molecular complexity index is 1530. The Morgan fingerprint density at radius 1 is 1.10 bits per heavy atom. The van der Waals surface area contributed by atoms with Crippen molar-refractivity contribution in [2.45, 2.75) is 29.3 Å². The quantitative estimate of drug-likeness (QED) is 0.360. The maximum absolute atomic E-state index is 13.5. The van der Waals surface area contributed by atoms with Crippen LogP contribution < -0.4 is 5.32 Å². The van der Waals surface area contributed by atoms with Crippen LogP contribution in [0.2, 0.25) is 0 Å². The number of halogens is 1. The SMILES string of the molecule is C[C@H](c1ccc(F)cc1)n1cncc1C1COCC2CN(S(=O)(=O)c3cnc(Nc4ccccn4)s3)CCN21. The summed E-state index contributed by atoms with van der Waals surface area (Å²) in [5.41, 5.74) is 1.96. The first-order valence-electron chi connectivity index (χ1n) is 12.6. The number of fused-ring (bicyclic) bond motifs is 1. The normalized spacial score (nSPS) is 21.4. The predicted molar refractivity (Wildman–Crippen MR) is 145 cm³/mol. The number of aromatic nitrogens is 4. The second-order valence-corrected chi connectivity index (χ2v) is 12.8. The zero-order chi connectivity index (χ0) is 27.0. The molecule has 0 spiro atoms. The molecule has 0 radical (unpaired) electrons. The van der Waals surface area contributed by atoms with E-state index in [4.69, 9.17) is 4.74 Å². The van der Waals surface area contributed by atoms with Gasteiger partial charge in [0, 0.05) is 38.1 Å². The highest BCUT2D eigenvalue weighted by Crippen LogP contribution is 2.34. The number of hydrogen-bond donors (Lipinski definition) is 1. The molecule has 0 amide bonds. The fourth-order valence-electron chi connectivity index (χ4n) is 5.19. The highest BCUT2D eigenvalue weighted by molar-refractivity contribution is 7.91. The molecule has 3 aromatic heterocycles. The van der Waals surface area contributed by atoms with E-state index < -0.39 is 10.0 Å². The lowest BCUT2D eigenvalue weighted by Gasteiger charge is -2.47. The smallest absolute Gasteiger partial charge is 0.254 e. The van der Waals surface area contributed by atoms with Crippen LogP contribution >= 0.6 is 11.3 Å². The van der Waals surface area contributed by atoms with Crippen molar-refractivity contribution in [2.75, 3.05) is 38.2 Å². The van der Waals surface area contributed by atoms with E-state index in [0.717, 1.165) is 22.6 Å². The number of piperazine rings is 1. The van der Waals surface area contributed by atoms with Crippen LogP contribution in [0.4, 0.5) is 15.3 Å². The Kier molecular flexibility index (Phi) is 7.16. The Hall–Kier alpha value is -3.23. The third kappa shape index (κ3) is 5.20. The fourth-order valence-corrected chi connectivity index (χ4v) is 7.85. The van der Waals surface area contributed by atoms with E-state index in [2.05, 4.69) is 36.7 Å². The molecule has 1 aromatic carbocycles. The van der Waals surface area contributed by atoms with Gasteiger partial charge < -0.3 is 14.6 Å². The topological polar surface area (TPSA) is 105 Å². The number of imidazole rings is 1. The Morgan fingerprint density at radius 3 is 2.74 bits per heavy atom. The zero-order valence-electron chi connectivity index (χ0n) is 21.2. The molecule has 13 heteroatoms. The summed E-state index contributed by atoms with van der Waals surface area (Å²) in [6.07, 6.45) is 6.68. The van der Waals surface area contributed by atoms with Crippen LogP contribution in [-0.2, 0) is 14.8 Å². The molecular weight excluding hydrogens is 541 g/mol. The largest absolute Gasteiger partial charge is 0.378 e. The second kappa shape index (κ2) is 10.7. The van der Waals surface area contributed by atoms with Gasteiger partial charge in [-0.2, -0.15) is 4.31 Å². The van der Waals surface area contributed by atoms with E-state index in [1.54, 1.807) is 30.7 Å². The van der Waals surface area contributed by atoms with Crippen molar-refractivity contribution in [1.29, 1.82) is 0 Å². The number of thiazole rings is 1. The molecule has 2 aliphatic heterocycles. The lowest BCUT2D eigenvalue weighted by molar-refractivity contribution is -0.0731. The minimum absolute atomic E-state index is 0.0506. The number of benzene rings is 1. The summed E-state index contributed by atoms with van der Waals surface area (Å²) in [6, 6.07) is 11.7. The summed E-state index contributed by atoms with van der Waals surface area (Å²) >= 11 is 1.09. The first-order chi connectivity index (χ1) is 18.9. The number of sulfonamides is 1. The van der Waals surface area contributed by atoms with Crippen LogP contribution in [0.15, 0.2) is 71.6 Å². The molecule has 0 bridgehead atoms. The van der Waals surface area contributed by atoms with Gasteiger partial charge in [0.05, 0.1) is 43.5 Å². The number of pyridine rings is 1. The molecule has 204 valence electrons. The van der Waals surface area contributed by atoms with Crippen molar-refractivity contribution in [3.05, 3.63) is 84.5 Å². The number of nitrogens with one attached hydrogen (secondary N) is 1. The number of ether oxygens (including phenoxy) is 1.